The second-order valence-electron chi connectivity index (χ2n) is 5.88. The van der Waals surface area contributed by atoms with E-state index in [2.05, 4.69) is 10.6 Å². The van der Waals surface area contributed by atoms with Crippen molar-refractivity contribution < 1.29 is 13.9 Å². The molecule has 1 unspecified atom stereocenters. The Kier molecular flexibility index (Phi) is 8.22. The summed E-state index contributed by atoms with van der Waals surface area (Å²) < 4.78 is 19.1. The van der Waals surface area contributed by atoms with Crippen LogP contribution < -0.4 is 15.4 Å². The lowest BCUT2D eigenvalue weighted by molar-refractivity contribution is -0.116. The zero-order chi connectivity index (χ0) is 17.5. The summed E-state index contributed by atoms with van der Waals surface area (Å²) in [7, 11) is 0. The summed E-state index contributed by atoms with van der Waals surface area (Å²) in [6.07, 6.45) is 0.471. The fraction of sp³-hybridized carbons (Fsp3) is 0.316. The Labute approximate surface area is 163 Å². The van der Waals surface area contributed by atoms with E-state index < -0.39 is 0 Å². The maximum Gasteiger partial charge on any atom is 0.225 e. The minimum absolute atomic E-state index is 0. The highest BCUT2D eigenvalue weighted by Gasteiger charge is 2.16. The molecule has 2 aromatic carbocycles. The van der Waals surface area contributed by atoms with Crippen molar-refractivity contribution in [3.63, 3.8) is 0 Å². The molecule has 1 fully saturated rings. The smallest absolute Gasteiger partial charge is 0.225 e. The first-order chi connectivity index (χ1) is 12.2. The first-order valence-corrected chi connectivity index (χ1v) is 9.43. The summed E-state index contributed by atoms with van der Waals surface area (Å²) >= 11 is 1.87. The van der Waals surface area contributed by atoms with E-state index in [1.54, 1.807) is 42.5 Å². The van der Waals surface area contributed by atoms with Gasteiger partial charge < -0.3 is 15.4 Å². The molecule has 140 valence electrons. The Balaban J connectivity index is 0.00000243. The largest absolute Gasteiger partial charge is 0.489 e. The van der Waals surface area contributed by atoms with E-state index in [-0.39, 0.29) is 36.8 Å². The Bertz CT molecular complexity index is 709. The quantitative estimate of drug-likeness (QED) is 0.778. The van der Waals surface area contributed by atoms with Crippen LogP contribution in [0.15, 0.2) is 48.5 Å². The monoisotopic (exact) mass is 396 g/mol. The second-order valence-corrected chi connectivity index (χ2v) is 7.03. The SMILES string of the molecule is Cl.O=C(CC1CSCCN1)Nc1ccc(OCc2ccccc2F)cc1. The molecule has 1 aliphatic rings. The second kappa shape index (κ2) is 10.4. The summed E-state index contributed by atoms with van der Waals surface area (Å²) in [5.74, 6) is 2.43. The van der Waals surface area contributed by atoms with Crippen LogP contribution in [0.2, 0.25) is 0 Å². The van der Waals surface area contributed by atoms with Crippen molar-refractivity contribution in [2.45, 2.75) is 19.1 Å². The van der Waals surface area contributed by atoms with E-state index in [1.165, 1.54) is 6.07 Å². The highest BCUT2D eigenvalue weighted by atomic mass is 35.5. The van der Waals surface area contributed by atoms with Gasteiger partial charge in [0, 0.05) is 41.8 Å². The summed E-state index contributed by atoms with van der Waals surface area (Å²) in [4.78, 5) is 12.1. The molecule has 7 heteroatoms. The minimum Gasteiger partial charge on any atom is -0.489 e. The van der Waals surface area contributed by atoms with E-state index in [9.17, 15) is 9.18 Å². The summed E-state index contributed by atoms with van der Waals surface area (Å²) in [5.41, 5.74) is 1.24. The van der Waals surface area contributed by atoms with Gasteiger partial charge in [-0.1, -0.05) is 18.2 Å². The van der Waals surface area contributed by atoms with Gasteiger partial charge in [-0.15, -0.1) is 12.4 Å². The third-order valence-corrected chi connectivity index (χ3v) is 5.05. The molecule has 1 atom stereocenters. The standard InChI is InChI=1S/C19H21FN2O2S.ClH/c20-18-4-2-1-3-14(18)12-24-17-7-5-15(6-8-17)22-19(23)11-16-13-25-10-9-21-16;/h1-8,16,21H,9-13H2,(H,22,23);1H. The molecule has 0 bridgehead atoms. The van der Waals surface area contributed by atoms with Crippen LogP contribution in [0.4, 0.5) is 10.1 Å². The number of carbonyl (C=O) groups excluding carboxylic acids is 1. The molecule has 1 saturated heterocycles. The van der Waals surface area contributed by atoms with Crippen molar-refractivity contribution in [1.29, 1.82) is 0 Å². The predicted molar refractivity (Wildman–Crippen MR) is 107 cm³/mol. The van der Waals surface area contributed by atoms with Crippen molar-refractivity contribution in [3.05, 3.63) is 59.9 Å². The summed E-state index contributed by atoms with van der Waals surface area (Å²) in [6, 6.07) is 13.9. The maximum absolute atomic E-state index is 13.6. The van der Waals surface area contributed by atoms with Gasteiger partial charge in [-0.2, -0.15) is 11.8 Å². The van der Waals surface area contributed by atoms with E-state index in [4.69, 9.17) is 4.74 Å². The fourth-order valence-electron chi connectivity index (χ4n) is 2.60. The number of benzene rings is 2. The van der Waals surface area contributed by atoms with Crippen LogP contribution >= 0.6 is 24.2 Å². The van der Waals surface area contributed by atoms with Gasteiger partial charge in [0.2, 0.25) is 5.91 Å². The zero-order valence-corrected chi connectivity index (χ0v) is 15.9. The highest BCUT2D eigenvalue weighted by Crippen LogP contribution is 2.18. The molecule has 2 N–H and O–H groups in total. The Hall–Kier alpha value is -1.76. The Morgan fingerprint density at radius 2 is 2.00 bits per heavy atom. The molecule has 4 nitrogen and oxygen atoms in total. The van der Waals surface area contributed by atoms with Crippen molar-refractivity contribution >= 4 is 35.8 Å². The molecule has 0 aliphatic carbocycles. The lowest BCUT2D eigenvalue weighted by Crippen LogP contribution is -2.39. The number of ether oxygens (including phenoxy) is 1. The zero-order valence-electron chi connectivity index (χ0n) is 14.2. The third-order valence-electron chi connectivity index (χ3n) is 3.92. The molecular weight excluding hydrogens is 375 g/mol. The lowest BCUT2D eigenvalue weighted by atomic mass is 10.2. The molecule has 1 heterocycles. The van der Waals surface area contributed by atoms with Crippen molar-refractivity contribution in [2.24, 2.45) is 0 Å². The molecule has 2 aromatic rings. The molecule has 3 rings (SSSR count). The van der Waals surface area contributed by atoms with Gasteiger partial charge in [-0.05, 0) is 30.3 Å². The van der Waals surface area contributed by atoms with Gasteiger partial charge in [0.15, 0.2) is 0 Å². The van der Waals surface area contributed by atoms with Crippen LogP contribution in [0.1, 0.15) is 12.0 Å². The van der Waals surface area contributed by atoms with Gasteiger partial charge in [-0.3, -0.25) is 4.79 Å². The molecule has 0 aromatic heterocycles. The number of anilines is 1. The van der Waals surface area contributed by atoms with E-state index in [0.29, 0.717) is 17.7 Å². The molecule has 0 spiro atoms. The van der Waals surface area contributed by atoms with Crippen LogP contribution in [0, 0.1) is 5.82 Å². The molecule has 0 saturated carbocycles. The van der Waals surface area contributed by atoms with Gasteiger partial charge >= 0.3 is 0 Å². The number of halogens is 2. The number of amides is 1. The first-order valence-electron chi connectivity index (χ1n) is 8.28. The lowest BCUT2D eigenvalue weighted by Gasteiger charge is -2.22. The van der Waals surface area contributed by atoms with Gasteiger partial charge in [0.25, 0.3) is 0 Å². The van der Waals surface area contributed by atoms with Gasteiger partial charge in [0.05, 0.1) is 0 Å². The van der Waals surface area contributed by atoms with Crippen molar-refractivity contribution in [3.8, 4) is 5.75 Å². The number of carbonyl (C=O) groups is 1. The number of nitrogens with one attached hydrogen (secondary N) is 2. The summed E-state index contributed by atoms with van der Waals surface area (Å²) in [5, 5.41) is 6.25. The van der Waals surface area contributed by atoms with Crippen LogP contribution in [0.3, 0.4) is 0 Å². The minimum atomic E-state index is -0.277. The Morgan fingerprint density at radius 1 is 1.23 bits per heavy atom. The molecule has 1 aliphatic heterocycles. The van der Waals surface area contributed by atoms with Crippen LogP contribution in [-0.4, -0.2) is 30.0 Å². The van der Waals surface area contributed by atoms with Crippen molar-refractivity contribution in [2.75, 3.05) is 23.4 Å². The fourth-order valence-corrected chi connectivity index (χ4v) is 3.55. The molecule has 26 heavy (non-hydrogen) atoms. The average Bonchev–Trinajstić information content (AvgIpc) is 2.63. The summed E-state index contributed by atoms with van der Waals surface area (Å²) in [6.45, 7) is 1.13. The van der Waals surface area contributed by atoms with E-state index in [0.717, 1.165) is 23.7 Å². The molecular formula is C19H22ClFN2O2S. The maximum atomic E-state index is 13.6. The highest BCUT2D eigenvalue weighted by molar-refractivity contribution is 7.99. The third kappa shape index (κ3) is 6.20. The van der Waals surface area contributed by atoms with E-state index >= 15 is 0 Å². The van der Waals surface area contributed by atoms with Gasteiger partial charge in [-0.25, -0.2) is 4.39 Å². The van der Waals surface area contributed by atoms with Crippen LogP contribution in [-0.2, 0) is 11.4 Å². The molecule has 0 radical (unpaired) electrons. The Morgan fingerprint density at radius 3 is 2.69 bits per heavy atom. The topological polar surface area (TPSA) is 50.4 Å². The van der Waals surface area contributed by atoms with Gasteiger partial charge in [0.1, 0.15) is 18.2 Å². The number of hydrogen-bond donors (Lipinski definition) is 2. The van der Waals surface area contributed by atoms with Crippen LogP contribution in [0.5, 0.6) is 5.75 Å². The van der Waals surface area contributed by atoms with Crippen molar-refractivity contribution in [1.82, 2.24) is 5.32 Å². The van der Waals surface area contributed by atoms with Crippen LogP contribution in [0.25, 0.3) is 0 Å². The normalized spacial score (nSPS) is 16.4. The molecule has 1 amide bonds. The number of hydrogen-bond acceptors (Lipinski definition) is 4. The first kappa shape index (κ1) is 20.6. The number of thioether (sulfide) groups is 1. The average molecular weight is 397 g/mol. The predicted octanol–water partition coefficient (Wildman–Crippen LogP) is 3.86. The van der Waals surface area contributed by atoms with E-state index in [1.807, 2.05) is 11.8 Å². The number of rotatable bonds is 6.